The standard InChI is InChI=1S/C25H29N5O/c1-30-13-11-21(12-14-30)31-24(25-28-22-7-2-3-8-23(22)29-25)19-6-4-5-18(15-19)9-10-20-16-26-17-27-20/h2-8,15-17,21,24H,9-14H2,1H3,(H,26,27)(H,28,29). The summed E-state index contributed by atoms with van der Waals surface area (Å²) >= 11 is 0. The lowest BCUT2D eigenvalue weighted by atomic mass is 10.0. The van der Waals surface area contributed by atoms with Gasteiger partial charge in [-0.3, -0.25) is 0 Å². The third kappa shape index (κ3) is 4.70. The highest BCUT2D eigenvalue weighted by molar-refractivity contribution is 5.74. The van der Waals surface area contributed by atoms with Gasteiger partial charge in [-0.25, -0.2) is 9.97 Å². The Hall–Kier alpha value is -2.96. The molecule has 2 aromatic carbocycles. The lowest BCUT2D eigenvalue weighted by Gasteiger charge is -2.31. The van der Waals surface area contributed by atoms with Gasteiger partial charge in [0, 0.05) is 25.0 Å². The average molecular weight is 416 g/mol. The van der Waals surface area contributed by atoms with Gasteiger partial charge in [-0.2, -0.15) is 0 Å². The van der Waals surface area contributed by atoms with Crippen LogP contribution < -0.4 is 0 Å². The summed E-state index contributed by atoms with van der Waals surface area (Å²) in [6, 6.07) is 16.9. The van der Waals surface area contributed by atoms with Crippen molar-refractivity contribution < 1.29 is 4.74 Å². The number of rotatable bonds is 7. The van der Waals surface area contributed by atoms with Crippen molar-refractivity contribution in [3.8, 4) is 0 Å². The predicted molar refractivity (Wildman–Crippen MR) is 122 cm³/mol. The summed E-state index contributed by atoms with van der Waals surface area (Å²) in [5.74, 6) is 0.880. The number of ether oxygens (including phenoxy) is 1. The van der Waals surface area contributed by atoms with E-state index in [0.717, 1.165) is 66.9 Å². The van der Waals surface area contributed by atoms with Crippen LogP contribution in [0.3, 0.4) is 0 Å². The highest BCUT2D eigenvalue weighted by atomic mass is 16.5. The van der Waals surface area contributed by atoms with Crippen LogP contribution in [-0.2, 0) is 17.6 Å². The first-order valence-corrected chi connectivity index (χ1v) is 11.1. The predicted octanol–water partition coefficient (Wildman–Crippen LogP) is 4.27. The maximum atomic E-state index is 6.71. The zero-order chi connectivity index (χ0) is 21.0. The van der Waals surface area contributed by atoms with Crippen LogP contribution in [0.4, 0.5) is 0 Å². The van der Waals surface area contributed by atoms with Gasteiger partial charge in [-0.15, -0.1) is 0 Å². The number of para-hydroxylation sites is 2. The first kappa shape index (κ1) is 20.0. The zero-order valence-corrected chi connectivity index (χ0v) is 17.9. The van der Waals surface area contributed by atoms with Gasteiger partial charge in [0.2, 0.25) is 0 Å². The molecule has 3 heterocycles. The number of nitrogens with one attached hydrogen (secondary N) is 2. The summed E-state index contributed by atoms with van der Waals surface area (Å²) < 4.78 is 6.71. The minimum absolute atomic E-state index is 0.201. The Morgan fingerprint density at radius 2 is 1.97 bits per heavy atom. The smallest absolute Gasteiger partial charge is 0.141 e. The van der Waals surface area contributed by atoms with E-state index in [0.29, 0.717) is 0 Å². The van der Waals surface area contributed by atoms with Crippen molar-refractivity contribution in [3.63, 3.8) is 0 Å². The number of piperidine rings is 1. The first-order chi connectivity index (χ1) is 15.2. The number of imidazole rings is 2. The number of hydrogen-bond donors (Lipinski definition) is 2. The SMILES string of the molecule is CN1CCC(OC(c2cccc(CCc3cnc[nH]3)c2)c2nc3ccccc3[nH]2)CC1. The Labute approximate surface area is 182 Å². The molecule has 160 valence electrons. The monoisotopic (exact) mass is 415 g/mol. The molecule has 31 heavy (non-hydrogen) atoms. The van der Waals surface area contributed by atoms with Gasteiger partial charge in [-0.1, -0.05) is 36.4 Å². The number of H-pyrrole nitrogens is 2. The summed E-state index contributed by atoms with van der Waals surface area (Å²) in [5, 5.41) is 0. The molecule has 0 bridgehead atoms. The molecule has 0 spiro atoms. The molecule has 6 heteroatoms. The highest BCUT2D eigenvalue weighted by Gasteiger charge is 2.26. The van der Waals surface area contributed by atoms with E-state index in [1.165, 1.54) is 5.56 Å². The number of nitrogens with zero attached hydrogens (tertiary/aromatic N) is 3. The largest absolute Gasteiger partial charge is 0.362 e. The molecule has 0 amide bonds. The van der Waals surface area contributed by atoms with Gasteiger partial charge in [0.05, 0.1) is 23.5 Å². The number of aromatic amines is 2. The number of likely N-dealkylation sites (tertiary alicyclic amines) is 1. The fourth-order valence-corrected chi connectivity index (χ4v) is 4.32. The molecule has 2 aromatic heterocycles. The summed E-state index contributed by atoms with van der Waals surface area (Å²) in [7, 11) is 2.18. The third-order valence-electron chi connectivity index (χ3n) is 6.14. The second kappa shape index (κ2) is 9.04. The summed E-state index contributed by atoms with van der Waals surface area (Å²) in [4.78, 5) is 18.1. The summed E-state index contributed by atoms with van der Waals surface area (Å²) in [5.41, 5.74) is 5.62. The van der Waals surface area contributed by atoms with Crippen molar-refractivity contribution in [2.24, 2.45) is 0 Å². The van der Waals surface area contributed by atoms with Gasteiger partial charge in [-0.05, 0) is 56.0 Å². The van der Waals surface area contributed by atoms with Crippen LogP contribution in [0.25, 0.3) is 11.0 Å². The van der Waals surface area contributed by atoms with Gasteiger partial charge >= 0.3 is 0 Å². The van der Waals surface area contributed by atoms with E-state index in [4.69, 9.17) is 9.72 Å². The molecule has 1 atom stereocenters. The maximum Gasteiger partial charge on any atom is 0.141 e. The Bertz CT molecular complexity index is 1080. The van der Waals surface area contributed by atoms with Crippen LogP contribution in [0.5, 0.6) is 0 Å². The van der Waals surface area contributed by atoms with Crippen molar-refractivity contribution in [2.75, 3.05) is 20.1 Å². The van der Waals surface area contributed by atoms with E-state index in [1.807, 2.05) is 24.4 Å². The molecule has 4 aromatic rings. The summed E-state index contributed by atoms with van der Waals surface area (Å²) in [6.45, 7) is 2.14. The van der Waals surface area contributed by atoms with Gasteiger partial charge in [0.15, 0.2) is 0 Å². The van der Waals surface area contributed by atoms with Crippen LogP contribution in [0.15, 0.2) is 61.1 Å². The minimum atomic E-state index is -0.201. The van der Waals surface area contributed by atoms with Crippen LogP contribution in [-0.4, -0.2) is 51.1 Å². The van der Waals surface area contributed by atoms with Crippen LogP contribution >= 0.6 is 0 Å². The second-order valence-corrected chi connectivity index (χ2v) is 8.48. The Balaban J connectivity index is 1.42. The summed E-state index contributed by atoms with van der Waals surface area (Å²) in [6.07, 6.45) is 7.66. The fraction of sp³-hybridized carbons (Fsp3) is 0.360. The number of fused-ring (bicyclic) bond motifs is 1. The van der Waals surface area contributed by atoms with Crippen LogP contribution in [0.1, 0.15) is 41.6 Å². The zero-order valence-electron chi connectivity index (χ0n) is 17.9. The Morgan fingerprint density at radius 3 is 2.77 bits per heavy atom. The van der Waals surface area contributed by atoms with Crippen molar-refractivity contribution in [1.29, 1.82) is 0 Å². The molecule has 1 aliphatic rings. The molecule has 6 nitrogen and oxygen atoms in total. The molecule has 2 N–H and O–H groups in total. The van der Waals surface area contributed by atoms with Crippen LogP contribution in [0, 0.1) is 0 Å². The van der Waals surface area contributed by atoms with Crippen molar-refractivity contribution in [1.82, 2.24) is 24.8 Å². The minimum Gasteiger partial charge on any atom is -0.362 e. The lowest BCUT2D eigenvalue weighted by Crippen LogP contribution is -2.35. The van der Waals surface area contributed by atoms with Crippen molar-refractivity contribution in [2.45, 2.75) is 37.9 Å². The van der Waals surface area contributed by atoms with E-state index < -0.39 is 0 Å². The van der Waals surface area contributed by atoms with Crippen LogP contribution in [0.2, 0.25) is 0 Å². The second-order valence-electron chi connectivity index (χ2n) is 8.48. The normalized spacial score (nSPS) is 16.7. The van der Waals surface area contributed by atoms with E-state index in [-0.39, 0.29) is 12.2 Å². The molecule has 0 aliphatic carbocycles. The maximum absolute atomic E-state index is 6.71. The van der Waals surface area contributed by atoms with Gasteiger partial charge in [0.25, 0.3) is 0 Å². The molecule has 0 radical (unpaired) electrons. The van der Waals surface area contributed by atoms with Gasteiger partial charge in [0.1, 0.15) is 11.9 Å². The number of benzene rings is 2. The fourth-order valence-electron chi connectivity index (χ4n) is 4.32. The van der Waals surface area contributed by atoms with Crippen molar-refractivity contribution >= 4 is 11.0 Å². The van der Waals surface area contributed by atoms with Gasteiger partial charge < -0.3 is 19.6 Å². The first-order valence-electron chi connectivity index (χ1n) is 11.1. The van der Waals surface area contributed by atoms with E-state index in [2.05, 4.69) is 57.2 Å². The topological polar surface area (TPSA) is 69.8 Å². The number of aromatic nitrogens is 4. The Morgan fingerprint density at radius 1 is 1.10 bits per heavy atom. The third-order valence-corrected chi connectivity index (χ3v) is 6.14. The van der Waals surface area contributed by atoms with Crippen molar-refractivity contribution in [3.05, 3.63) is 83.7 Å². The average Bonchev–Trinajstić information content (AvgIpc) is 3.47. The van der Waals surface area contributed by atoms with E-state index in [9.17, 15) is 0 Å². The Kier molecular flexibility index (Phi) is 5.82. The molecule has 5 rings (SSSR count). The molecule has 0 saturated carbocycles. The number of hydrogen-bond acceptors (Lipinski definition) is 4. The van der Waals surface area contributed by atoms with E-state index in [1.54, 1.807) is 6.33 Å². The lowest BCUT2D eigenvalue weighted by molar-refractivity contribution is -0.0264. The molecule has 1 saturated heterocycles. The quantitative estimate of drug-likeness (QED) is 0.473. The molecular weight excluding hydrogens is 386 g/mol. The molecule has 1 unspecified atom stereocenters. The van der Waals surface area contributed by atoms with E-state index >= 15 is 0 Å². The molecule has 1 aliphatic heterocycles. The number of aryl methyl sites for hydroxylation is 2. The highest BCUT2D eigenvalue weighted by Crippen LogP contribution is 2.30. The molecular formula is C25H29N5O. The molecule has 1 fully saturated rings.